The summed E-state index contributed by atoms with van der Waals surface area (Å²) in [6, 6.07) is 8.01. The molecule has 0 radical (unpaired) electrons. The number of halogens is 1. The normalized spacial score (nSPS) is 24.9. The van der Waals surface area contributed by atoms with Crippen LogP contribution in [0.25, 0.3) is 0 Å². The number of aliphatic hydroxyl groups is 1. The molecule has 0 aliphatic carbocycles. The van der Waals surface area contributed by atoms with E-state index >= 15 is 0 Å². The van der Waals surface area contributed by atoms with Crippen LogP contribution in [-0.2, 0) is 4.79 Å². The molecule has 0 bridgehead atoms. The van der Waals surface area contributed by atoms with Crippen LogP contribution in [-0.4, -0.2) is 84.4 Å². The molecule has 3 rings (SSSR count). The molecule has 1 aromatic rings. The van der Waals surface area contributed by atoms with Crippen LogP contribution in [0.2, 0.25) is 5.02 Å². The summed E-state index contributed by atoms with van der Waals surface area (Å²) < 4.78 is 0. The molecule has 0 spiro atoms. The molecule has 7 heteroatoms. The van der Waals surface area contributed by atoms with E-state index in [1.165, 1.54) is 5.69 Å². The van der Waals surface area contributed by atoms with E-state index in [0.717, 1.165) is 50.7 Å². The van der Waals surface area contributed by atoms with E-state index in [4.69, 9.17) is 16.7 Å². The number of carbonyl (C=O) groups is 1. The first kappa shape index (κ1) is 19.4. The maximum absolute atomic E-state index is 10.8. The molecule has 2 atom stereocenters. The molecule has 2 saturated heterocycles. The highest BCUT2D eigenvalue weighted by Crippen LogP contribution is 2.22. The molecule has 1 aromatic carbocycles. The Hall–Kier alpha value is -1.34. The Morgan fingerprint density at radius 3 is 2.54 bits per heavy atom. The lowest BCUT2D eigenvalue weighted by Gasteiger charge is -2.36. The van der Waals surface area contributed by atoms with Crippen LogP contribution < -0.4 is 4.90 Å². The fourth-order valence-electron chi connectivity index (χ4n) is 3.97. The molecular formula is C19H28ClN3O3. The van der Waals surface area contributed by atoms with Gasteiger partial charge < -0.3 is 20.0 Å². The molecule has 0 saturated carbocycles. The van der Waals surface area contributed by atoms with Crippen LogP contribution in [0.5, 0.6) is 0 Å². The van der Waals surface area contributed by atoms with E-state index in [1.807, 2.05) is 18.2 Å². The molecule has 2 aliphatic rings. The van der Waals surface area contributed by atoms with E-state index < -0.39 is 12.1 Å². The third-order valence-electron chi connectivity index (χ3n) is 5.41. The first-order valence-electron chi connectivity index (χ1n) is 9.36. The Labute approximate surface area is 159 Å². The van der Waals surface area contributed by atoms with Crippen LogP contribution in [0.1, 0.15) is 12.8 Å². The molecule has 6 nitrogen and oxygen atoms in total. The standard InChI is InChI=1S/C19H28ClN3O3/c20-16-3-1-4-17(12-16)23-9-7-21(8-10-23)5-2-6-22-13-15(11-19(25)26)18(24)14-22/h1,3-4,12,15,18,24H,2,5-11,13-14H2,(H,25,26)/t15-,18-/m1/s1. The summed E-state index contributed by atoms with van der Waals surface area (Å²) >= 11 is 6.08. The lowest BCUT2D eigenvalue weighted by Crippen LogP contribution is -2.47. The van der Waals surface area contributed by atoms with Crippen LogP contribution in [0, 0.1) is 5.92 Å². The number of hydrogen-bond donors (Lipinski definition) is 2. The Morgan fingerprint density at radius 1 is 1.12 bits per heavy atom. The van der Waals surface area contributed by atoms with Crippen LogP contribution >= 0.6 is 11.6 Å². The van der Waals surface area contributed by atoms with Gasteiger partial charge in [0.2, 0.25) is 0 Å². The first-order valence-corrected chi connectivity index (χ1v) is 9.74. The van der Waals surface area contributed by atoms with Crippen LogP contribution in [0.15, 0.2) is 24.3 Å². The largest absolute Gasteiger partial charge is 0.481 e. The van der Waals surface area contributed by atoms with Crippen molar-refractivity contribution < 1.29 is 15.0 Å². The third-order valence-corrected chi connectivity index (χ3v) is 5.65. The summed E-state index contributed by atoms with van der Waals surface area (Å²) in [6.45, 7) is 7.33. The number of nitrogens with zero attached hydrogens (tertiary/aromatic N) is 3. The second-order valence-corrected chi connectivity index (χ2v) is 7.78. The third kappa shape index (κ3) is 5.33. The van der Waals surface area contributed by atoms with Crippen molar-refractivity contribution in [2.45, 2.75) is 18.9 Å². The lowest BCUT2D eigenvalue weighted by molar-refractivity contribution is -0.138. The quantitative estimate of drug-likeness (QED) is 0.748. The van der Waals surface area contributed by atoms with Gasteiger partial charge in [0.1, 0.15) is 0 Å². The minimum atomic E-state index is -0.825. The molecular weight excluding hydrogens is 354 g/mol. The lowest BCUT2D eigenvalue weighted by atomic mass is 10.0. The van der Waals surface area contributed by atoms with Gasteiger partial charge in [-0.2, -0.15) is 0 Å². The zero-order chi connectivity index (χ0) is 18.5. The summed E-state index contributed by atoms with van der Waals surface area (Å²) in [5.74, 6) is -0.956. The van der Waals surface area contributed by atoms with Crippen molar-refractivity contribution in [1.82, 2.24) is 9.80 Å². The molecule has 2 fully saturated rings. The number of anilines is 1. The molecule has 0 unspecified atom stereocenters. The topological polar surface area (TPSA) is 67.2 Å². The molecule has 144 valence electrons. The molecule has 2 heterocycles. The van der Waals surface area contributed by atoms with E-state index in [1.54, 1.807) is 0 Å². The number of carboxylic acids is 1. The van der Waals surface area contributed by atoms with Gasteiger partial charge in [-0.3, -0.25) is 9.69 Å². The highest BCUT2D eigenvalue weighted by molar-refractivity contribution is 6.30. The highest BCUT2D eigenvalue weighted by Gasteiger charge is 2.32. The molecule has 0 aromatic heterocycles. The smallest absolute Gasteiger partial charge is 0.303 e. The summed E-state index contributed by atoms with van der Waals surface area (Å²) in [6.07, 6.45) is 0.597. The monoisotopic (exact) mass is 381 g/mol. The van der Waals surface area contributed by atoms with Crippen LogP contribution in [0.3, 0.4) is 0 Å². The number of piperazine rings is 1. The van der Waals surface area contributed by atoms with Crippen molar-refractivity contribution in [3.8, 4) is 0 Å². The number of benzene rings is 1. The van der Waals surface area contributed by atoms with Crippen molar-refractivity contribution >= 4 is 23.3 Å². The number of aliphatic hydroxyl groups excluding tert-OH is 1. The predicted octanol–water partition coefficient (Wildman–Crippen LogP) is 1.62. The van der Waals surface area contributed by atoms with Crippen molar-refractivity contribution in [1.29, 1.82) is 0 Å². The number of carboxylic acid groups (broad SMARTS) is 1. The zero-order valence-electron chi connectivity index (χ0n) is 15.1. The number of rotatable bonds is 7. The number of likely N-dealkylation sites (tertiary alicyclic amines) is 1. The minimum absolute atomic E-state index is 0.0587. The number of β-amino-alcohol motifs (C(OH)–C–C–N with tert-alkyl or cyclic N) is 1. The summed E-state index contributed by atoms with van der Waals surface area (Å²) in [5, 5.41) is 19.7. The Bertz CT molecular complexity index is 607. The minimum Gasteiger partial charge on any atom is -0.481 e. The molecule has 2 N–H and O–H groups in total. The fraction of sp³-hybridized carbons (Fsp3) is 0.632. The van der Waals surface area contributed by atoms with Crippen molar-refractivity contribution in [2.24, 2.45) is 5.92 Å². The van der Waals surface area contributed by atoms with Gasteiger partial charge in [0.05, 0.1) is 12.5 Å². The van der Waals surface area contributed by atoms with E-state index in [0.29, 0.717) is 13.1 Å². The molecule has 0 amide bonds. The Balaban J connectivity index is 1.35. The van der Waals surface area contributed by atoms with Gasteiger partial charge in [-0.1, -0.05) is 17.7 Å². The SMILES string of the molecule is O=C(O)C[C@@H]1CN(CCCN2CCN(c3cccc(Cl)c3)CC2)C[C@H]1O. The van der Waals surface area contributed by atoms with E-state index in [2.05, 4.69) is 20.8 Å². The van der Waals surface area contributed by atoms with Crippen molar-refractivity contribution in [2.75, 3.05) is 57.3 Å². The summed E-state index contributed by atoms with van der Waals surface area (Å²) in [7, 11) is 0. The average Bonchev–Trinajstić information content (AvgIpc) is 2.94. The van der Waals surface area contributed by atoms with Crippen LogP contribution in [0.4, 0.5) is 5.69 Å². The fourth-order valence-corrected chi connectivity index (χ4v) is 4.15. The van der Waals surface area contributed by atoms with Gasteiger partial charge in [-0.25, -0.2) is 0 Å². The molecule has 26 heavy (non-hydrogen) atoms. The summed E-state index contributed by atoms with van der Waals surface area (Å²) in [5.41, 5.74) is 1.19. The second kappa shape index (κ2) is 9.04. The van der Waals surface area contributed by atoms with Gasteiger partial charge in [-0.05, 0) is 37.7 Å². The van der Waals surface area contributed by atoms with Crippen molar-refractivity contribution in [3.63, 3.8) is 0 Å². The maximum Gasteiger partial charge on any atom is 0.303 e. The van der Waals surface area contributed by atoms with E-state index in [-0.39, 0.29) is 12.3 Å². The van der Waals surface area contributed by atoms with Gasteiger partial charge in [0.25, 0.3) is 0 Å². The summed E-state index contributed by atoms with van der Waals surface area (Å²) in [4.78, 5) is 17.9. The van der Waals surface area contributed by atoms with Gasteiger partial charge >= 0.3 is 5.97 Å². The maximum atomic E-state index is 10.8. The van der Waals surface area contributed by atoms with Gasteiger partial charge in [0, 0.05) is 55.9 Å². The van der Waals surface area contributed by atoms with Crippen molar-refractivity contribution in [3.05, 3.63) is 29.3 Å². The zero-order valence-corrected chi connectivity index (χ0v) is 15.8. The molecule has 2 aliphatic heterocycles. The second-order valence-electron chi connectivity index (χ2n) is 7.35. The number of hydrogen-bond acceptors (Lipinski definition) is 5. The predicted molar refractivity (Wildman–Crippen MR) is 103 cm³/mol. The Morgan fingerprint density at radius 2 is 1.85 bits per heavy atom. The Kier molecular flexibility index (Phi) is 6.75. The van der Waals surface area contributed by atoms with E-state index in [9.17, 15) is 9.90 Å². The average molecular weight is 382 g/mol. The first-order chi connectivity index (χ1) is 12.5. The van der Waals surface area contributed by atoms with Gasteiger partial charge in [0.15, 0.2) is 0 Å². The highest BCUT2D eigenvalue weighted by atomic mass is 35.5. The number of aliphatic carboxylic acids is 1. The van der Waals surface area contributed by atoms with Gasteiger partial charge in [-0.15, -0.1) is 0 Å².